The summed E-state index contributed by atoms with van der Waals surface area (Å²) in [4.78, 5) is 22.0. The lowest BCUT2D eigenvalue weighted by Crippen LogP contribution is -2.44. The lowest BCUT2D eigenvalue weighted by atomic mass is 9.97. The minimum absolute atomic E-state index is 0.00313. The summed E-state index contributed by atoms with van der Waals surface area (Å²) in [6.45, 7) is 7.41. The zero-order valence-electron chi connectivity index (χ0n) is 19.6. The summed E-state index contributed by atoms with van der Waals surface area (Å²) in [6, 6.07) is 6.76. The maximum atomic E-state index is 13.1. The van der Waals surface area contributed by atoms with Gasteiger partial charge in [0.15, 0.2) is 0 Å². The summed E-state index contributed by atoms with van der Waals surface area (Å²) in [5, 5.41) is 7.18. The molecule has 4 rings (SSSR count). The summed E-state index contributed by atoms with van der Waals surface area (Å²) >= 11 is 0. The number of aromatic nitrogens is 2. The first-order valence-corrected chi connectivity index (χ1v) is 12.4. The molecule has 0 radical (unpaired) electrons. The van der Waals surface area contributed by atoms with Gasteiger partial charge in [0.05, 0.1) is 12.5 Å². The first kappa shape index (κ1) is 23.8. The number of piperidine rings is 2. The van der Waals surface area contributed by atoms with Crippen molar-refractivity contribution >= 4 is 5.91 Å². The van der Waals surface area contributed by atoms with Crippen molar-refractivity contribution in [3.63, 3.8) is 0 Å². The Labute approximate surface area is 195 Å². The molecule has 1 N–H and O–H groups in total. The third-order valence-electron chi connectivity index (χ3n) is 6.95. The second kappa shape index (κ2) is 11.7. The molecule has 33 heavy (non-hydrogen) atoms. The Kier molecular flexibility index (Phi) is 8.45. The molecule has 2 saturated heterocycles. The van der Waals surface area contributed by atoms with Crippen molar-refractivity contribution in [3.05, 3.63) is 36.0 Å². The number of hydrogen-bond acceptors (Lipinski definition) is 6. The average Bonchev–Trinajstić information content (AvgIpc) is 3.31. The van der Waals surface area contributed by atoms with Crippen molar-refractivity contribution in [3.8, 4) is 11.4 Å². The molecule has 8 heteroatoms. The highest BCUT2D eigenvalue weighted by Gasteiger charge is 2.27. The highest BCUT2D eigenvalue weighted by atomic mass is 19.1. The molecule has 1 aromatic heterocycles. The summed E-state index contributed by atoms with van der Waals surface area (Å²) in [6.07, 6.45) is 8.07. The van der Waals surface area contributed by atoms with Crippen molar-refractivity contribution in [1.29, 1.82) is 0 Å². The van der Waals surface area contributed by atoms with Crippen LogP contribution < -0.4 is 5.32 Å². The highest BCUT2D eigenvalue weighted by molar-refractivity contribution is 5.78. The van der Waals surface area contributed by atoms with Crippen LogP contribution in [0, 0.1) is 11.7 Å². The Bertz CT molecular complexity index is 887. The normalized spacial score (nSPS) is 22.4. The van der Waals surface area contributed by atoms with Crippen molar-refractivity contribution in [2.75, 3.05) is 32.7 Å². The van der Waals surface area contributed by atoms with E-state index in [1.54, 1.807) is 12.1 Å². The molecule has 1 amide bonds. The molecule has 0 aliphatic carbocycles. The number of rotatable bonds is 9. The number of nitrogens with one attached hydrogen (secondary N) is 1. The van der Waals surface area contributed by atoms with Gasteiger partial charge in [-0.3, -0.25) is 9.69 Å². The molecule has 2 aliphatic heterocycles. The molecule has 0 saturated carbocycles. The summed E-state index contributed by atoms with van der Waals surface area (Å²) in [7, 11) is 0. The number of nitrogens with zero attached hydrogens (tertiary/aromatic N) is 4. The third kappa shape index (κ3) is 6.60. The predicted molar refractivity (Wildman–Crippen MR) is 125 cm³/mol. The maximum Gasteiger partial charge on any atom is 0.241 e. The Hall–Kier alpha value is -2.32. The molecule has 180 valence electrons. The Balaban J connectivity index is 1.20. The maximum absolute atomic E-state index is 13.1. The zero-order valence-corrected chi connectivity index (χ0v) is 19.6. The minimum atomic E-state index is -0.295. The van der Waals surface area contributed by atoms with E-state index < -0.39 is 0 Å². The zero-order chi connectivity index (χ0) is 23.0. The van der Waals surface area contributed by atoms with E-state index in [1.807, 2.05) is 0 Å². The number of benzene rings is 1. The van der Waals surface area contributed by atoms with Gasteiger partial charge >= 0.3 is 0 Å². The monoisotopic (exact) mass is 457 g/mol. The van der Waals surface area contributed by atoms with Crippen LogP contribution in [0.15, 0.2) is 28.8 Å². The van der Waals surface area contributed by atoms with Crippen molar-refractivity contribution in [2.45, 2.75) is 64.5 Å². The average molecular weight is 458 g/mol. The molecular formula is C25H36FN5O2. The number of amides is 1. The number of likely N-dealkylation sites (tertiary alicyclic amines) is 2. The van der Waals surface area contributed by atoms with Gasteiger partial charge in [0, 0.05) is 31.2 Å². The van der Waals surface area contributed by atoms with Gasteiger partial charge in [-0.25, -0.2) is 4.39 Å². The molecular weight excluding hydrogens is 421 g/mol. The van der Waals surface area contributed by atoms with Gasteiger partial charge < -0.3 is 14.7 Å². The lowest BCUT2D eigenvalue weighted by Gasteiger charge is -2.35. The lowest BCUT2D eigenvalue weighted by molar-refractivity contribution is -0.126. The molecule has 1 aromatic carbocycles. The summed E-state index contributed by atoms with van der Waals surface area (Å²) in [5.41, 5.74) is 0.720. The molecule has 2 unspecified atom stereocenters. The fourth-order valence-corrected chi connectivity index (χ4v) is 5.09. The van der Waals surface area contributed by atoms with E-state index in [0.717, 1.165) is 50.5 Å². The largest absolute Gasteiger partial charge is 0.356 e. The fraction of sp³-hybridized carbons (Fsp3) is 0.640. The third-order valence-corrected chi connectivity index (χ3v) is 6.95. The molecule has 0 spiro atoms. The van der Waals surface area contributed by atoms with E-state index >= 15 is 0 Å². The first-order valence-electron chi connectivity index (χ1n) is 12.4. The standard InChI is InChI=1S/C25H36FN5O2/c1-2-22-8-3-4-15-31(22)16-6-13-27-25(32)20-7-5-14-30(17-20)18-23-28-24(29-33-23)19-9-11-21(26)12-10-19/h9-12,20,22H,2-8,13-18H2,1H3,(H,27,32). The van der Waals surface area contributed by atoms with E-state index in [-0.39, 0.29) is 17.6 Å². The molecule has 0 bridgehead atoms. The molecule has 2 aromatic rings. The Morgan fingerprint density at radius 3 is 2.85 bits per heavy atom. The van der Waals surface area contributed by atoms with Gasteiger partial charge in [0.25, 0.3) is 0 Å². The molecule has 7 nitrogen and oxygen atoms in total. The van der Waals surface area contributed by atoms with Crippen LogP contribution >= 0.6 is 0 Å². The summed E-state index contributed by atoms with van der Waals surface area (Å²) < 4.78 is 18.5. The second-order valence-electron chi connectivity index (χ2n) is 9.33. The molecule has 2 aliphatic rings. The van der Waals surface area contributed by atoms with Crippen molar-refractivity contribution in [2.24, 2.45) is 5.92 Å². The van der Waals surface area contributed by atoms with Gasteiger partial charge in [-0.15, -0.1) is 0 Å². The number of hydrogen-bond donors (Lipinski definition) is 1. The van der Waals surface area contributed by atoms with Gasteiger partial charge in [0.2, 0.25) is 17.6 Å². The van der Waals surface area contributed by atoms with Gasteiger partial charge in [-0.2, -0.15) is 4.98 Å². The van der Waals surface area contributed by atoms with Gasteiger partial charge in [-0.1, -0.05) is 18.5 Å². The quantitative estimate of drug-likeness (QED) is 0.577. The highest BCUT2D eigenvalue weighted by Crippen LogP contribution is 2.21. The number of carbonyl (C=O) groups excluding carboxylic acids is 1. The van der Waals surface area contributed by atoms with Crippen molar-refractivity contribution < 1.29 is 13.7 Å². The number of carbonyl (C=O) groups is 1. The van der Waals surface area contributed by atoms with Gasteiger partial charge in [0.1, 0.15) is 5.82 Å². The Morgan fingerprint density at radius 2 is 2.03 bits per heavy atom. The van der Waals surface area contributed by atoms with Crippen LogP contribution in [-0.2, 0) is 11.3 Å². The van der Waals surface area contributed by atoms with E-state index in [0.29, 0.717) is 24.8 Å². The topological polar surface area (TPSA) is 74.5 Å². The van der Waals surface area contributed by atoms with E-state index in [2.05, 4.69) is 32.2 Å². The molecule has 2 atom stereocenters. The van der Waals surface area contributed by atoms with Crippen LogP contribution in [0.1, 0.15) is 57.8 Å². The van der Waals surface area contributed by atoms with Crippen LogP contribution in [-0.4, -0.2) is 64.6 Å². The van der Waals surface area contributed by atoms with Crippen LogP contribution in [0.25, 0.3) is 11.4 Å². The Morgan fingerprint density at radius 1 is 1.18 bits per heavy atom. The van der Waals surface area contributed by atoms with Crippen LogP contribution in [0.3, 0.4) is 0 Å². The minimum Gasteiger partial charge on any atom is -0.356 e. The van der Waals surface area contributed by atoms with Crippen LogP contribution in [0.5, 0.6) is 0 Å². The van der Waals surface area contributed by atoms with Crippen LogP contribution in [0.4, 0.5) is 4.39 Å². The molecule has 3 heterocycles. The van der Waals surface area contributed by atoms with E-state index in [4.69, 9.17) is 4.52 Å². The second-order valence-corrected chi connectivity index (χ2v) is 9.33. The predicted octanol–water partition coefficient (Wildman–Crippen LogP) is 3.86. The first-order chi connectivity index (χ1) is 16.1. The molecule has 2 fully saturated rings. The van der Waals surface area contributed by atoms with Crippen molar-refractivity contribution in [1.82, 2.24) is 25.3 Å². The van der Waals surface area contributed by atoms with E-state index in [1.165, 1.54) is 44.4 Å². The number of halogens is 1. The smallest absolute Gasteiger partial charge is 0.241 e. The van der Waals surface area contributed by atoms with Crippen LogP contribution in [0.2, 0.25) is 0 Å². The van der Waals surface area contributed by atoms with Gasteiger partial charge in [-0.05, 0) is 75.9 Å². The van der Waals surface area contributed by atoms with E-state index in [9.17, 15) is 9.18 Å². The summed E-state index contributed by atoms with van der Waals surface area (Å²) in [5.74, 6) is 0.828. The fourth-order valence-electron chi connectivity index (χ4n) is 5.09. The SMILES string of the molecule is CCC1CCCCN1CCCNC(=O)C1CCCN(Cc2nc(-c3ccc(F)cc3)no2)C1.